The number of carbonyl (C=O) groups excluding carboxylic acids is 1. The summed E-state index contributed by atoms with van der Waals surface area (Å²) in [5.41, 5.74) is 1.60. The number of halogens is 1. The van der Waals surface area contributed by atoms with Crippen molar-refractivity contribution in [2.75, 3.05) is 26.2 Å². The van der Waals surface area contributed by atoms with E-state index in [4.69, 9.17) is 11.6 Å². The first-order chi connectivity index (χ1) is 11.0. The van der Waals surface area contributed by atoms with E-state index >= 15 is 0 Å². The van der Waals surface area contributed by atoms with E-state index in [1.807, 2.05) is 18.7 Å². The maximum atomic E-state index is 12.5. The molecule has 2 unspecified atom stereocenters. The van der Waals surface area contributed by atoms with Crippen LogP contribution in [0.1, 0.15) is 30.7 Å². The van der Waals surface area contributed by atoms with Gasteiger partial charge < -0.3 is 10.0 Å². The van der Waals surface area contributed by atoms with Gasteiger partial charge in [-0.3, -0.25) is 14.4 Å². The molecule has 2 aliphatic rings. The standard InChI is InChI=1S/C16H25ClN4O2/c1-11-16(17)12(2)21(18-11)10-15(23)20-8-6-19(7-9-20)13-4-3-5-14(13)22/h13-14,22H,3-10H2,1-2H3. The van der Waals surface area contributed by atoms with Crippen LogP contribution >= 0.6 is 11.6 Å². The Labute approximate surface area is 142 Å². The average molecular weight is 341 g/mol. The summed E-state index contributed by atoms with van der Waals surface area (Å²) in [5.74, 6) is 0.0823. The molecule has 1 saturated heterocycles. The zero-order chi connectivity index (χ0) is 16.6. The first-order valence-corrected chi connectivity index (χ1v) is 8.74. The lowest BCUT2D eigenvalue weighted by Crippen LogP contribution is -2.54. The molecule has 1 aromatic heterocycles. The van der Waals surface area contributed by atoms with Gasteiger partial charge in [0.25, 0.3) is 0 Å². The topological polar surface area (TPSA) is 61.6 Å². The molecular formula is C16H25ClN4O2. The molecule has 1 aromatic rings. The number of aryl methyl sites for hydroxylation is 1. The molecule has 0 aromatic carbocycles. The molecule has 1 N–H and O–H groups in total. The number of aliphatic hydroxyl groups excluding tert-OH is 1. The Bertz CT molecular complexity index is 581. The molecule has 2 fully saturated rings. The third kappa shape index (κ3) is 3.39. The fourth-order valence-electron chi connectivity index (χ4n) is 3.71. The van der Waals surface area contributed by atoms with Crippen molar-refractivity contribution in [2.24, 2.45) is 0 Å². The summed E-state index contributed by atoms with van der Waals surface area (Å²) in [4.78, 5) is 16.7. The number of aliphatic hydroxyl groups is 1. The normalized spacial score (nSPS) is 26.0. The third-order valence-corrected chi connectivity index (χ3v) is 5.71. The van der Waals surface area contributed by atoms with E-state index < -0.39 is 0 Å². The fraction of sp³-hybridized carbons (Fsp3) is 0.750. The summed E-state index contributed by atoms with van der Waals surface area (Å²) in [7, 11) is 0. The first-order valence-electron chi connectivity index (χ1n) is 8.36. The van der Waals surface area contributed by atoms with Crippen LogP contribution in [0, 0.1) is 13.8 Å². The highest BCUT2D eigenvalue weighted by Crippen LogP contribution is 2.25. The van der Waals surface area contributed by atoms with Gasteiger partial charge in [-0.05, 0) is 33.1 Å². The molecule has 0 bridgehead atoms. The smallest absolute Gasteiger partial charge is 0.244 e. The number of amides is 1. The molecule has 1 saturated carbocycles. The zero-order valence-corrected chi connectivity index (χ0v) is 14.6. The van der Waals surface area contributed by atoms with Gasteiger partial charge in [-0.25, -0.2) is 0 Å². The predicted octanol–water partition coefficient (Wildman–Crippen LogP) is 1.21. The molecule has 1 aliphatic heterocycles. The van der Waals surface area contributed by atoms with Gasteiger partial charge in [0.05, 0.1) is 22.5 Å². The van der Waals surface area contributed by atoms with E-state index in [0.717, 1.165) is 56.8 Å². The molecule has 0 spiro atoms. The Balaban J connectivity index is 1.55. The molecule has 6 nitrogen and oxygen atoms in total. The molecule has 3 rings (SSSR count). The summed E-state index contributed by atoms with van der Waals surface area (Å²) < 4.78 is 1.69. The molecule has 7 heteroatoms. The Hall–Kier alpha value is -1.11. The quantitative estimate of drug-likeness (QED) is 0.898. The van der Waals surface area contributed by atoms with Crippen molar-refractivity contribution in [1.29, 1.82) is 0 Å². The minimum atomic E-state index is -0.200. The maximum Gasteiger partial charge on any atom is 0.244 e. The van der Waals surface area contributed by atoms with Crippen LogP contribution in [0.3, 0.4) is 0 Å². The lowest BCUT2D eigenvalue weighted by molar-refractivity contribution is -0.134. The third-order valence-electron chi connectivity index (χ3n) is 5.16. The van der Waals surface area contributed by atoms with E-state index in [2.05, 4.69) is 10.00 Å². The van der Waals surface area contributed by atoms with Crippen LogP contribution < -0.4 is 0 Å². The Morgan fingerprint density at radius 2 is 1.96 bits per heavy atom. The van der Waals surface area contributed by atoms with Gasteiger partial charge in [0, 0.05) is 32.2 Å². The Kier molecular flexibility index (Phi) is 4.94. The van der Waals surface area contributed by atoms with Gasteiger partial charge in [-0.15, -0.1) is 0 Å². The molecule has 2 heterocycles. The highest BCUT2D eigenvalue weighted by Gasteiger charge is 2.33. The van der Waals surface area contributed by atoms with Crippen LogP contribution in [0.4, 0.5) is 0 Å². The summed E-state index contributed by atoms with van der Waals surface area (Å²) in [6.07, 6.45) is 2.88. The molecule has 23 heavy (non-hydrogen) atoms. The molecule has 2 atom stereocenters. The molecular weight excluding hydrogens is 316 g/mol. The first kappa shape index (κ1) is 16.7. The number of rotatable bonds is 3. The summed E-state index contributed by atoms with van der Waals surface area (Å²) >= 11 is 6.13. The minimum absolute atomic E-state index is 0.0823. The monoisotopic (exact) mass is 340 g/mol. The van der Waals surface area contributed by atoms with Crippen LogP contribution in [-0.4, -0.2) is 68.9 Å². The Morgan fingerprint density at radius 3 is 2.48 bits per heavy atom. The molecule has 1 aliphatic carbocycles. The van der Waals surface area contributed by atoms with Crippen LogP contribution in [-0.2, 0) is 11.3 Å². The maximum absolute atomic E-state index is 12.5. The minimum Gasteiger partial charge on any atom is -0.391 e. The van der Waals surface area contributed by atoms with Crippen LogP contribution in [0.15, 0.2) is 0 Å². The lowest BCUT2D eigenvalue weighted by atomic mass is 10.1. The fourth-order valence-corrected chi connectivity index (χ4v) is 3.84. The van der Waals surface area contributed by atoms with E-state index in [1.165, 1.54) is 0 Å². The van der Waals surface area contributed by atoms with Crippen molar-refractivity contribution in [2.45, 2.75) is 51.8 Å². The van der Waals surface area contributed by atoms with Gasteiger partial charge >= 0.3 is 0 Å². The largest absolute Gasteiger partial charge is 0.391 e. The number of hydrogen-bond acceptors (Lipinski definition) is 4. The van der Waals surface area contributed by atoms with Gasteiger partial charge in [0.1, 0.15) is 6.54 Å². The van der Waals surface area contributed by atoms with Crippen molar-refractivity contribution in [1.82, 2.24) is 19.6 Å². The van der Waals surface area contributed by atoms with E-state index in [0.29, 0.717) is 5.02 Å². The van der Waals surface area contributed by atoms with Crippen LogP contribution in [0.5, 0.6) is 0 Å². The van der Waals surface area contributed by atoms with Crippen molar-refractivity contribution >= 4 is 17.5 Å². The van der Waals surface area contributed by atoms with Crippen molar-refractivity contribution in [3.8, 4) is 0 Å². The highest BCUT2D eigenvalue weighted by atomic mass is 35.5. The number of piperazine rings is 1. The van der Waals surface area contributed by atoms with Crippen molar-refractivity contribution in [3.63, 3.8) is 0 Å². The van der Waals surface area contributed by atoms with Crippen LogP contribution in [0.2, 0.25) is 5.02 Å². The summed E-state index contributed by atoms with van der Waals surface area (Å²) in [6, 6.07) is 0.280. The zero-order valence-electron chi connectivity index (χ0n) is 13.8. The van der Waals surface area contributed by atoms with Crippen molar-refractivity contribution in [3.05, 3.63) is 16.4 Å². The van der Waals surface area contributed by atoms with E-state index in [-0.39, 0.29) is 24.6 Å². The summed E-state index contributed by atoms with van der Waals surface area (Å²) in [5, 5.41) is 15.0. The number of nitrogens with zero attached hydrogens (tertiary/aromatic N) is 4. The predicted molar refractivity (Wildman–Crippen MR) is 88.5 cm³/mol. The van der Waals surface area contributed by atoms with Gasteiger partial charge in [0.15, 0.2) is 0 Å². The van der Waals surface area contributed by atoms with E-state index in [1.54, 1.807) is 4.68 Å². The van der Waals surface area contributed by atoms with Gasteiger partial charge in [-0.2, -0.15) is 5.10 Å². The average Bonchev–Trinajstić information content (AvgIpc) is 3.07. The number of carbonyl (C=O) groups is 1. The Morgan fingerprint density at radius 1 is 1.26 bits per heavy atom. The lowest BCUT2D eigenvalue weighted by Gasteiger charge is -2.39. The summed E-state index contributed by atoms with van der Waals surface area (Å²) in [6.45, 7) is 7.09. The highest BCUT2D eigenvalue weighted by molar-refractivity contribution is 6.31. The number of hydrogen-bond donors (Lipinski definition) is 1. The second-order valence-corrected chi connectivity index (χ2v) is 7.00. The SMILES string of the molecule is Cc1nn(CC(=O)N2CCN(C3CCCC3O)CC2)c(C)c1Cl. The van der Waals surface area contributed by atoms with Gasteiger partial charge in [-0.1, -0.05) is 11.6 Å². The second-order valence-electron chi connectivity index (χ2n) is 6.62. The molecule has 1 amide bonds. The molecule has 128 valence electrons. The van der Waals surface area contributed by atoms with Gasteiger partial charge in [0.2, 0.25) is 5.91 Å². The second kappa shape index (κ2) is 6.79. The molecule has 0 radical (unpaired) electrons. The van der Waals surface area contributed by atoms with Crippen molar-refractivity contribution < 1.29 is 9.90 Å². The number of aromatic nitrogens is 2. The van der Waals surface area contributed by atoms with E-state index in [9.17, 15) is 9.90 Å². The van der Waals surface area contributed by atoms with Crippen LogP contribution in [0.25, 0.3) is 0 Å².